The van der Waals surface area contributed by atoms with Gasteiger partial charge in [-0.25, -0.2) is 14.6 Å². The van der Waals surface area contributed by atoms with Crippen LogP contribution in [0.25, 0.3) is 0 Å². The molecule has 0 amide bonds. The number of hydrogen-bond donors (Lipinski definition) is 6. The van der Waals surface area contributed by atoms with E-state index in [0.29, 0.717) is 0 Å². The van der Waals surface area contributed by atoms with Crippen LogP contribution in [-0.4, -0.2) is 14.7 Å². The van der Waals surface area contributed by atoms with Crippen LogP contribution in [0.4, 0.5) is 0 Å². The van der Waals surface area contributed by atoms with Crippen LogP contribution in [0.1, 0.15) is 0 Å². The maximum absolute atomic E-state index is 8.76. The first kappa shape index (κ1) is 8.15. The van der Waals surface area contributed by atoms with Gasteiger partial charge in [0.25, 0.3) is 0 Å². The summed E-state index contributed by atoms with van der Waals surface area (Å²) in [5, 5.41) is 0. The Labute approximate surface area is 55.5 Å². The number of nitrogens with one attached hydrogen (secondary N) is 3. The van der Waals surface area contributed by atoms with Gasteiger partial charge in [0.1, 0.15) is 0 Å². The van der Waals surface area contributed by atoms with Crippen LogP contribution in [-0.2, 0) is 0 Å². The van der Waals surface area contributed by atoms with Gasteiger partial charge < -0.3 is 14.7 Å². The van der Waals surface area contributed by atoms with Crippen molar-refractivity contribution in [2.45, 2.75) is 0 Å². The minimum atomic E-state index is -1.58. The highest BCUT2D eigenvalue weighted by Gasteiger charge is 2.23. The molecule has 0 spiro atoms. The molecule has 0 aromatic rings. The van der Waals surface area contributed by atoms with Crippen LogP contribution in [0.15, 0.2) is 0 Å². The summed E-state index contributed by atoms with van der Waals surface area (Å²) >= 11 is 0. The highest BCUT2D eigenvalue weighted by atomic mass is 31.3. The van der Waals surface area contributed by atoms with Crippen molar-refractivity contribution < 1.29 is 14.7 Å². The van der Waals surface area contributed by atoms with Crippen LogP contribution in [0.2, 0.25) is 0 Å². The van der Waals surface area contributed by atoms with E-state index >= 15 is 0 Å². The van der Waals surface area contributed by atoms with Crippen molar-refractivity contribution in [1.29, 1.82) is 0 Å². The molecule has 0 aromatic heterocycles. The zero-order valence-corrected chi connectivity index (χ0v) is 6.87. The molecule has 0 bridgehead atoms. The average molecular weight is 189 g/mol. The van der Waals surface area contributed by atoms with E-state index in [1.165, 1.54) is 0 Å². The van der Waals surface area contributed by atoms with Gasteiger partial charge in [-0.3, -0.25) is 0 Å². The van der Waals surface area contributed by atoms with Gasteiger partial charge in [-0.05, 0) is 0 Å². The van der Waals surface area contributed by atoms with E-state index in [-0.39, 0.29) is 0 Å². The van der Waals surface area contributed by atoms with E-state index in [1.54, 1.807) is 0 Å². The smallest absolute Gasteiger partial charge is 0.192 e. The molecule has 9 heteroatoms. The number of hydrogen-bond acceptors (Lipinski definition) is 6. The summed E-state index contributed by atoms with van der Waals surface area (Å²) < 4.78 is 0. The third kappa shape index (κ3) is 2.64. The molecule has 1 saturated heterocycles. The topological polar surface area (TPSA) is 96.8 Å². The molecular weight excluding hydrogens is 183 g/mol. The van der Waals surface area contributed by atoms with Gasteiger partial charge in [0, 0.05) is 0 Å². The molecule has 0 saturated carbocycles. The van der Waals surface area contributed by atoms with Gasteiger partial charge in [-0.2, -0.15) is 0 Å². The monoisotopic (exact) mass is 189 g/mol. The first-order valence-corrected chi connectivity index (χ1v) is 5.82. The van der Waals surface area contributed by atoms with Crippen molar-refractivity contribution in [1.82, 2.24) is 14.6 Å². The first-order valence-electron chi connectivity index (χ1n) is 1.94. The SMILES string of the molecule is OP1NP(O)NP(O)N1. The Kier molecular flexibility index (Phi) is 3.12. The molecule has 0 aromatic carbocycles. The van der Waals surface area contributed by atoms with E-state index in [9.17, 15) is 0 Å². The van der Waals surface area contributed by atoms with Crippen molar-refractivity contribution in [3.05, 3.63) is 0 Å². The zero-order chi connectivity index (χ0) is 6.85. The second kappa shape index (κ2) is 3.44. The first-order chi connectivity index (χ1) is 4.18. The maximum Gasteiger partial charge on any atom is 0.192 e. The summed E-state index contributed by atoms with van der Waals surface area (Å²) in [7, 11) is -4.73. The van der Waals surface area contributed by atoms with Crippen LogP contribution in [0, 0.1) is 0 Å². The van der Waals surface area contributed by atoms with E-state index in [1.807, 2.05) is 0 Å². The Hall–Kier alpha value is 1.05. The second-order valence-electron chi connectivity index (χ2n) is 1.24. The number of rotatable bonds is 0. The van der Waals surface area contributed by atoms with Crippen molar-refractivity contribution in [2.75, 3.05) is 0 Å². The molecular formula is H6N3O3P3. The van der Waals surface area contributed by atoms with Crippen molar-refractivity contribution in [3.63, 3.8) is 0 Å². The van der Waals surface area contributed by atoms with Gasteiger partial charge in [0.05, 0.1) is 0 Å². The lowest BCUT2D eigenvalue weighted by Crippen LogP contribution is -2.25. The molecule has 6 nitrogen and oxygen atoms in total. The summed E-state index contributed by atoms with van der Waals surface area (Å²) in [6.07, 6.45) is 0. The Bertz CT molecular complexity index is 75.3. The summed E-state index contributed by atoms with van der Waals surface area (Å²) in [5.74, 6) is 0. The molecule has 54 valence electrons. The zero-order valence-electron chi connectivity index (χ0n) is 4.18. The van der Waals surface area contributed by atoms with Gasteiger partial charge in [-0.15, -0.1) is 0 Å². The molecule has 1 aliphatic heterocycles. The fraction of sp³-hybridized carbons (Fsp3) is 0. The fourth-order valence-electron chi connectivity index (χ4n) is 0.336. The molecule has 1 aliphatic rings. The molecule has 1 fully saturated rings. The summed E-state index contributed by atoms with van der Waals surface area (Å²) in [5.41, 5.74) is 0. The van der Waals surface area contributed by atoms with Gasteiger partial charge in [0.15, 0.2) is 25.3 Å². The Morgan fingerprint density at radius 1 is 0.667 bits per heavy atom. The highest BCUT2D eigenvalue weighted by molar-refractivity contribution is 7.78. The van der Waals surface area contributed by atoms with Gasteiger partial charge >= 0.3 is 0 Å². The third-order valence-electron chi connectivity index (χ3n) is 0.568. The van der Waals surface area contributed by atoms with E-state index in [2.05, 4.69) is 14.6 Å². The van der Waals surface area contributed by atoms with Gasteiger partial charge in [0.2, 0.25) is 0 Å². The van der Waals surface area contributed by atoms with E-state index < -0.39 is 25.3 Å². The normalized spacial score (nSPS) is 45.0. The molecule has 9 heavy (non-hydrogen) atoms. The molecule has 0 unspecified atom stereocenters. The molecule has 1 rings (SSSR count). The maximum atomic E-state index is 8.76. The lowest BCUT2D eigenvalue weighted by atomic mass is 13.8. The van der Waals surface area contributed by atoms with Crippen molar-refractivity contribution in [2.24, 2.45) is 0 Å². The van der Waals surface area contributed by atoms with Crippen molar-refractivity contribution in [3.8, 4) is 0 Å². The summed E-state index contributed by atoms with van der Waals surface area (Å²) in [4.78, 5) is 33.4. The quantitative estimate of drug-likeness (QED) is 0.285. The average Bonchev–Trinajstić information content (AvgIpc) is 1.59. The molecule has 0 aliphatic carbocycles. The van der Waals surface area contributed by atoms with Crippen LogP contribution >= 0.6 is 25.3 Å². The molecule has 0 radical (unpaired) electrons. The second-order valence-corrected chi connectivity index (χ2v) is 5.51. The van der Waals surface area contributed by atoms with E-state index in [0.717, 1.165) is 0 Å². The van der Waals surface area contributed by atoms with Crippen LogP contribution < -0.4 is 14.6 Å². The standard InChI is InChI=1S/H6N3O3P3/c4-7-1-8(5)3-9(6)2-7/h1-6H. The van der Waals surface area contributed by atoms with Crippen LogP contribution in [0.5, 0.6) is 0 Å². The molecule has 1 heterocycles. The Morgan fingerprint density at radius 3 is 1.11 bits per heavy atom. The minimum Gasteiger partial charge on any atom is -0.347 e. The lowest BCUT2D eigenvalue weighted by Gasteiger charge is -2.27. The summed E-state index contributed by atoms with van der Waals surface area (Å²) in [6.45, 7) is 0. The predicted octanol–water partition coefficient (Wildman–Crippen LogP) is -0.574. The Balaban J connectivity index is 2.34. The largest absolute Gasteiger partial charge is 0.347 e. The minimum absolute atomic E-state index is 1.58. The van der Waals surface area contributed by atoms with Crippen molar-refractivity contribution >= 4 is 25.3 Å². The predicted molar refractivity (Wildman–Crippen MR) is 36.8 cm³/mol. The summed E-state index contributed by atoms with van der Waals surface area (Å²) in [6, 6.07) is 0. The third-order valence-corrected chi connectivity index (χ3v) is 5.11. The molecule has 6 N–H and O–H groups in total. The highest BCUT2D eigenvalue weighted by Crippen LogP contribution is 2.48. The lowest BCUT2D eigenvalue weighted by molar-refractivity contribution is 0.568. The fourth-order valence-corrected chi connectivity index (χ4v) is 4.23. The van der Waals surface area contributed by atoms with Gasteiger partial charge in [-0.1, -0.05) is 0 Å². The molecule has 0 atom stereocenters. The van der Waals surface area contributed by atoms with Crippen LogP contribution in [0.3, 0.4) is 0 Å². The van der Waals surface area contributed by atoms with E-state index in [4.69, 9.17) is 14.7 Å². The Morgan fingerprint density at radius 2 is 0.889 bits per heavy atom.